The molecule has 0 radical (unpaired) electrons. The number of pyridine rings is 1. The van der Waals surface area contributed by atoms with Gasteiger partial charge in [0, 0.05) is 11.1 Å². The fourth-order valence-corrected chi connectivity index (χ4v) is 3.14. The van der Waals surface area contributed by atoms with E-state index >= 15 is 0 Å². The number of ether oxygens (including phenoxy) is 2. The molecule has 0 saturated carbocycles. The number of nitrogens with zero attached hydrogens (tertiary/aromatic N) is 1. The van der Waals surface area contributed by atoms with Gasteiger partial charge in [0.05, 0.1) is 17.6 Å². The van der Waals surface area contributed by atoms with Crippen molar-refractivity contribution < 1.29 is 14.3 Å². The summed E-state index contributed by atoms with van der Waals surface area (Å²) in [6.45, 7) is 4.93. The van der Waals surface area contributed by atoms with E-state index in [1.165, 1.54) is 0 Å². The van der Waals surface area contributed by atoms with Crippen LogP contribution in [0.5, 0.6) is 11.5 Å². The van der Waals surface area contributed by atoms with E-state index in [0.717, 1.165) is 22.3 Å². The molecular weight excluding hydrogens is 340 g/mol. The van der Waals surface area contributed by atoms with Crippen molar-refractivity contribution in [1.29, 1.82) is 0 Å². The summed E-state index contributed by atoms with van der Waals surface area (Å²) >= 11 is 0. The minimum atomic E-state index is -0.221. The first-order chi connectivity index (χ1) is 13.1. The first-order valence-corrected chi connectivity index (χ1v) is 9.18. The minimum Gasteiger partial charge on any atom is -0.486 e. The molecule has 3 aromatic rings. The zero-order valence-corrected chi connectivity index (χ0v) is 15.4. The van der Waals surface area contributed by atoms with Gasteiger partial charge in [-0.15, -0.1) is 0 Å². The lowest BCUT2D eigenvalue weighted by molar-refractivity contribution is 0.0790. The maximum atomic E-state index is 12.9. The van der Waals surface area contributed by atoms with Crippen LogP contribution in [0, 0.1) is 0 Å². The Morgan fingerprint density at radius 2 is 1.89 bits per heavy atom. The molecule has 138 valence electrons. The van der Waals surface area contributed by atoms with Crippen molar-refractivity contribution in [3.8, 4) is 11.5 Å². The van der Waals surface area contributed by atoms with Crippen molar-refractivity contribution in [3.63, 3.8) is 0 Å². The molecule has 5 heteroatoms. The van der Waals surface area contributed by atoms with Crippen LogP contribution >= 0.6 is 0 Å². The van der Waals surface area contributed by atoms with Crippen LogP contribution in [0.15, 0.2) is 54.6 Å². The number of para-hydroxylation sites is 3. The average molecular weight is 362 g/mol. The molecule has 0 spiro atoms. The van der Waals surface area contributed by atoms with Crippen molar-refractivity contribution in [2.75, 3.05) is 13.2 Å². The second-order valence-corrected chi connectivity index (χ2v) is 6.97. The lowest BCUT2D eigenvalue weighted by Crippen LogP contribution is -2.40. The summed E-state index contributed by atoms with van der Waals surface area (Å²) in [5.41, 5.74) is 2.38. The molecule has 1 unspecified atom stereocenters. The zero-order chi connectivity index (χ0) is 18.8. The summed E-state index contributed by atoms with van der Waals surface area (Å²) in [5, 5.41) is 3.84. The fourth-order valence-electron chi connectivity index (χ4n) is 3.14. The Balaban J connectivity index is 1.52. The van der Waals surface area contributed by atoms with Crippen LogP contribution in [0.4, 0.5) is 0 Å². The van der Waals surface area contributed by atoms with E-state index < -0.39 is 0 Å². The van der Waals surface area contributed by atoms with Gasteiger partial charge in [0.1, 0.15) is 12.7 Å². The third-order valence-corrected chi connectivity index (χ3v) is 4.63. The first-order valence-electron chi connectivity index (χ1n) is 9.18. The van der Waals surface area contributed by atoms with Crippen LogP contribution in [-0.2, 0) is 0 Å². The van der Waals surface area contributed by atoms with Crippen LogP contribution in [0.3, 0.4) is 0 Å². The van der Waals surface area contributed by atoms with Gasteiger partial charge < -0.3 is 14.8 Å². The maximum absolute atomic E-state index is 12.9. The molecule has 0 bridgehead atoms. The van der Waals surface area contributed by atoms with Crippen LogP contribution in [0.1, 0.15) is 35.8 Å². The van der Waals surface area contributed by atoms with Gasteiger partial charge in [0.2, 0.25) is 0 Å². The SMILES string of the molecule is CC(C)c1cc(C(=O)NCC2COc3ccccc3O2)c2ccccc2n1. The normalized spacial score (nSPS) is 15.7. The van der Waals surface area contributed by atoms with Gasteiger partial charge in [0.25, 0.3) is 5.91 Å². The van der Waals surface area contributed by atoms with Gasteiger partial charge in [0.15, 0.2) is 11.5 Å². The van der Waals surface area contributed by atoms with E-state index in [-0.39, 0.29) is 17.9 Å². The molecule has 1 amide bonds. The number of benzene rings is 2. The number of amides is 1. The smallest absolute Gasteiger partial charge is 0.252 e. The monoisotopic (exact) mass is 362 g/mol. The standard InChI is InChI=1S/C22H22N2O3/c1-14(2)19-11-17(16-7-3-4-8-18(16)24-19)22(25)23-12-15-13-26-20-9-5-6-10-21(20)27-15/h3-11,14-15H,12-13H2,1-2H3,(H,23,25). The highest BCUT2D eigenvalue weighted by Gasteiger charge is 2.22. The highest BCUT2D eigenvalue weighted by molar-refractivity contribution is 6.06. The summed E-state index contributed by atoms with van der Waals surface area (Å²) in [6, 6.07) is 17.2. The van der Waals surface area contributed by atoms with Gasteiger partial charge in [-0.3, -0.25) is 9.78 Å². The highest BCUT2D eigenvalue weighted by Crippen LogP contribution is 2.30. The van der Waals surface area contributed by atoms with Crippen molar-refractivity contribution >= 4 is 16.8 Å². The molecule has 1 aliphatic rings. The molecule has 1 N–H and O–H groups in total. The van der Waals surface area contributed by atoms with Crippen LogP contribution in [-0.4, -0.2) is 30.1 Å². The molecule has 1 atom stereocenters. The van der Waals surface area contributed by atoms with E-state index in [9.17, 15) is 4.79 Å². The number of carbonyl (C=O) groups excluding carboxylic acids is 1. The van der Waals surface area contributed by atoms with Crippen molar-refractivity contribution in [3.05, 3.63) is 65.9 Å². The number of rotatable bonds is 4. The lowest BCUT2D eigenvalue weighted by atomic mass is 10.0. The Morgan fingerprint density at radius 1 is 1.15 bits per heavy atom. The summed E-state index contributed by atoms with van der Waals surface area (Å²) in [6.07, 6.45) is -0.221. The van der Waals surface area contributed by atoms with Crippen molar-refractivity contribution in [1.82, 2.24) is 10.3 Å². The molecule has 2 heterocycles. The minimum absolute atomic E-state index is 0.127. The van der Waals surface area contributed by atoms with E-state index in [0.29, 0.717) is 24.5 Å². The summed E-state index contributed by atoms with van der Waals surface area (Å²) in [5.74, 6) is 1.56. The number of nitrogens with one attached hydrogen (secondary N) is 1. The Morgan fingerprint density at radius 3 is 2.70 bits per heavy atom. The molecule has 1 aromatic heterocycles. The van der Waals surface area contributed by atoms with Gasteiger partial charge in [-0.25, -0.2) is 0 Å². The van der Waals surface area contributed by atoms with E-state index in [2.05, 4.69) is 24.1 Å². The van der Waals surface area contributed by atoms with Crippen molar-refractivity contribution in [2.24, 2.45) is 0 Å². The molecule has 2 aromatic carbocycles. The topological polar surface area (TPSA) is 60.5 Å². The largest absolute Gasteiger partial charge is 0.486 e. The lowest BCUT2D eigenvalue weighted by Gasteiger charge is -2.26. The molecule has 4 rings (SSSR count). The summed E-state index contributed by atoms with van der Waals surface area (Å²) < 4.78 is 11.6. The number of hydrogen-bond acceptors (Lipinski definition) is 4. The molecule has 5 nitrogen and oxygen atoms in total. The summed E-state index contributed by atoms with van der Waals surface area (Å²) in [4.78, 5) is 17.6. The van der Waals surface area contributed by atoms with Crippen LogP contribution < -0.4 is 14.8 Å². The predicted molar refractivity (Wildman–Crippen MR) is 105 cm³/mol. The quantitative estimate of drug-likeness (QED) is 0.764. The molecule has 1 aliphatic heterocycles. The second kappa shape index (κ2) is 7.27. The van der Waals surface area contributed by atoms with Crippen LogP contribution in [0.25, 0.3) is 10.9 Å². The third kappa shape index (κ3) is 3.58. The van der Waals surface area contributed by atoms with E-state index in [4.69, 9.17) is 9.47 Å². The molecule has 27 heavy (non-hydrogen) atoms. The van der Waals surface area contributed by atoms with E-state index in [1.807, 2.05) is 54.6 Å². The first kappa shape index (κ1) is 17.3. The van der Waals surface area contributed by atoms with E-state index in [1.54, 1.807) is 0 Å². The maximum Gasteiger partial charge on any atom is 0.252 e. The highest BCUT2D eigenvalue weighted by atomic mass is 16.6. The number of aromatic nitrogens is 1. The Hall–Kier alpha value is -3.08. The zero-order valence-electron chi connectivity index (χ0n) is 15.4. The molecule has 0 saturated heterocycles. The average Bonchev–Trinajstić information content (AvgIpc) is 2.71. The van der Waals surface area contributed by atoms with Gasteiger partial charge in [-0.2, -0.15) is 0 Å². The Labute approximate surface area is 158 Å². The van der Waals surface area contributed by atoms with Gasteiger partial charge in [-0.1, -0.05) is 44.2 Å². The van der Waals surface area contributed by atoms with Crippen molar-refractivity contribution in [2.45, 2.75) is 25.9 Å². The predicted octanol–water partition coefficient (Wildman–Crippen LogP) is 3.93. The third-order valence-electron chi connectivity index (χ3n) is 4.63. The molecular formula is C22H22N2O3. The number of fused-ring (bicyclic) bond motifs is 2. The fraction of sp³-hybridized carbons (Fsp3) is 0.273. The Bertz CT molecular complexity index is 984. The Kier molecular flexibility index (Phi) is 4.67. The van der Waals surface area contributed by atoms with Gasteiger partial charge in [-0.05, 0) is 30.2 Å². The second-order valence-electron chi connectivity index (χ2n) is 6.97. The number of hydrogen-bond donors (Lipinski definition) is 1. The van der Waals surface area contributed by atoms with Gasteiger partial charge >= 0.3 is 0 Å². The number of carbonyl (C=O) groups is 1. The summed E-state index contributed by atoms with van der Waals surface area (Å²) in [7, 11) is 0. The van der Waals surface area contributed by atoms with Crippen LogP contribution in [0.2, 0.25) is 0 Å². The molecule has 0 fully saturated rings. The molecule has 0 aliphatic carbocycles.